The van der Waals surface area contributed by atoms with E-state index in [0.29, 0.717) is 31.6 Å². The number of rotatable bonds is 80. The fourth-order valence-electron chi connectivity index (χ4n) is 12.8. The molecule has 0 aromatic rings. The van der Waals surface area contributed by atoms with Crippen LogP contribution in [-0.2, 0) is 65.4 Å². The quantitative estimate of drug-likeness (QED) is 0.0222. The molecule has 6 atom stereocenters. The van der Waals surface area contributed by atoms with Gasteiger partial charge < -0.3 is 33.8 Å². The summed E-state index contributed by atoms with van der Waals surface area (Å²) in [6, 6.07) is 0. The van der Waals surface area contributed by atoms with Crippen LogP contribution in [0.25, 0.3) is 0 Å². The Bertz CT molecular complexity index is 1990. The van der Waals surface area contributed by atoms with Crippen molar-refractivity contribution in [3.63, 3.8) is 0 Å². The molecule has 19 heteroatoms. The number of aliphatic hydroxyl groups is 1. The van der Waals surface area contributed by atoms with Crippen LogP contribution in [-0.4, -0.2) is 96.7 Å². The molecule has 0 rings (SSSR count). The molecule has 0 bridgehead atoms. The predicted octanol–water partition coefficient (Wildman–Crippen LogP) is 24.8. The van der Waals surface area contributed by atoms with Crippen LogP contribution >= 0.6 is 15.6 Å². The highest BCUT2D eigenvalue weighted by atomic mass is 31.2. The van der Waals surface area contributed by atoms with Gasteiger partial charge in [-0.25, -0.2) is 9.13 Å². The third-order valence-electron chi connectivity index (χ3n) is 19.7. The Morgan fingerprint density at radius 1 is 0.275 bits per heavy atom. The molecule has 0 aromatic heterocycles. The molecule has 0 aliphatic heterocycles. The summed E-state index contributed by atoms with van der Waals surface area (Å²) < 4.78 is 68.7. The Labute approximate surface area is 626 Å². The van der Waals surface area contributed by atoms with Gasteiger partial charge in [0.2, 0.25) is 0 Å². The van der Waals surface area contributed by atoms with E-state index < -0.39 is 97.5 Å². The Balaban J connectivity index is 5.21. The molecule has 606 valence electrons. The van der Waals surface area contributed by atoms with Crippen molar-refractivity contribution < 1.29 is 80.2 Å². The van der Waals surface area contributed by atoms with E-state index in [1.807, 2.05) is 0 Å². The Morgan fingerprint density at radius 2 is 0.471 bits per heavy atom. The summed E-state index contributed by atoms with van der Waals surface area (Å²) >= 11 is 0. The van der Waals surface area contributed by atoms with E-state index >= 15 is 0 Å². The van der Waals surface area contributed by atoms with E-state index in [9.17, 15) is 43.2 Å². The van der Waals surface area contributed by atoms with Crippen LogP contribution in [0.3, 0.4) is 0 Å². The maximum absolute atomic E-state index is 13.1. The summed E-state index contributed by atoms with van der Waals surface area (Å²) in [7, 11) is -9.92. The molecule has 102 heavy (non-hydrogen) atoms. The van der Waals surface area contributed by atoms with Gasteiger partial charge in [0.15, 0.2) is 12.2 Å². The second kappa shape index (κ2) is 72.0. The number of hydrogen-bond donors (Lipinski definition) is 3. The van der Waals surface area contributed by atoms with Crippen LogP contribution in [0.15, 0.2) is 0 Å². The number of aliphatic hydroxyl groups excluding tert-OH is 1. The first-order chi connectivity index (χ1) is 49.1. The van der Waals surface area contributed by atoms with Crippen LogP contribution in [0.2, 0.25) is 0 Å². The lowest BCUT2D eigenvalue weighted by molar-refractivity contribution is -0.161. The van der Waals surface area contributed by atoms with Crippen molar-refractivity contribution >= 4 is 39.5 Å². The number of esters is 4. The van der Waals surface area contributed by atoms with Crippen LogP contribution in [0.1, 0.15) is 428 Å². The predicted molar refractivity (Wildman–Crippen MR) is 418 cm³/mol. The lowest BCUT2D eigenvalue weighted by Gasteiger charge is -2.21. The van der Waals surface area contributed by atoms with Crippen molar-refractivity contribution in [2.45, 2.75) is 446 Å². The van der Waals surface area contributed by atoms with E-state index in [-0.39, 0.29) is 25.7 Å². The van der Waals surface area contributed by atoms with Gasteiger partial charge in [0.1, 0.15) is 19.3 Å². The molecule has 0 heterocycles. The summed E-state index contributed by atoms with van der Waals surface area (Å²) in [6.07, 6.45) is 59.9. The maximum atomic E-state index is 13.1. The minimum absolute atomic E-state index is 0.104. The molecular formula is C83H162O17P2. The second-order valence-electron chi connectivity index (χ2n) is 31.5. The van der Waals surface area contributed by atoms with Crippen LogP contribution < -0.4 is 0 Å². The number of phosphoric ester groups is 2. The molecule has 3 N–H and O–H groups in total. The zero-order valence-corrected chi connectivity index (χ0v) is 69.0. The highest BCUT2D eigenvalue weighted by molar-refractivity contribution is 7.47. The average Bonchev–Trinajstić information content (AvgIpc) is 0.994. The zero-order valence-electron chi connectivity index (χ0n) is 67.2. The first-order valence-electron chi connectivity index (χ1n) is 42.7. The lowest BCUT2D eigenvalue weighted by atomic mass is 9.99. The molecule has 4 unspecified atom stereocenters. The molecule has 0 aliphatic carbocycles. The summed E-state index contributed by atoms with van der Waals surface area (Å²) in [5.74, 6) is 0.992. The molecule has 0 amide bonds. The number of ether oxygens (including phenoxy) is 4. The van der Waals surface area contributed by atoms with Gasteiger partial charge in [-0.15, -0.1) is 0 Å². The van der Waals surface area contributed by atoms with Gasteiger partial charge in [-0.1, -0.05) is 376 Å². The van der Waals surface area contributed by atoms with Gasteiger partial charge in [-0.05, 0) is 49.4 Å². The number of phosphoric acid groups is 2. The van der Waals surface area contributed by atoms with Crippen molar-refractivity contribution in [3.8, 4) is 0 Å². The molecule has 0 saturated carbocycles. The fraction of sp³-hybridized carbons (Fsp3) is 0.952. The first-order valence-corrected chi connectivity index (χ1v) is 45.7. The van der Waals surface area contributed by atoms with E-state index in [0.717, 1.165) is 114 Å². The number of hydrogen-bond acceptors (Lipinski definition) is 15. The SMILES string of the molecule is CCC(C)CCCCCCCCCCC(=O)O[C@H](COC(=O)CCCCCCCCCC(C)C)COP(=O)(O)OCC(O)COP(=O)(O)OC[C@@H](COC(=O)CCCCCCCCCCCCCCCCCCCCC(C)C)OC(=O)CCCCCCCCCCCCCCCCCCC(C)C. The molecule has 0 spiro atoms. The summed E-state index contributed by atoms with van der Waals surface area (Å²) in [4.78, 5) is 73.0. The van der Waals surface area contributed by atoms with Crippen LogP contribution in [0.4, 0.5) is 0 Å². The van der Waals surface area contributed by atoms with Crippen molar-refractivity contribution in [2.24, 2.45) is 23.7 Å². The minimum atomic E-state index is -4.96. The number of unbranched alkanes of at least 4 members (excludes halogenated alkanes) is 45. The van der Waals surface area contributed by atoms with Crippen molar-refractivity contribution in [1.82, 2.24) is 0 Å². The summed E-state index contributed by atoms with van der Waals surface area (Å²) in [6.45, 7) is 14.3. The zero-order chi connectivity index (χ0) is 75.3. The standard InChI is InChI=1S/C83H162O17P2/c1-9-76(8)62-54-46-38-32-33-41-50-58-66-83(88)100-79(70-94-81(86)64-56-48-42-34-37-45-53-61-75(6)7)72-98-102(91,92)96-68-77(84)67-95-101(89,90)97-71-78(99-82(87)65-57-49-40-31-27-23-19-15-14-17-21-25-29-36-44-52-60-74(4)5)69-93-80(85)63-55-47-39-30-26-22-18-13-11-10-12-16-20-24-28-35-43-51-59-73(2)3/h73-79,84H,9-72H2,1-8H3,(H,89,90)(H,91,92)/t76?,77?,78-,79-/m1/s1. The van der Waals surface area contributed by atoms with Gasteiger partial charge >= 0.3 is 39.5 Å². The molecule has 0 aliphatic rings. The van der Waals surface area contributed by atoms with E-state index in [4.69, 9.17) is 37.0 Å². The lowest BCUT2D eigenvalue weighted by Crippen LogP contribution is -2.30. The molecule has 0 radical (unpaired) electrons. The monoisotopic (exact) mass is 1490 g/mol. The minimum Gasteiger partial charge on any atom is -0.462 e. The molecule has 0 fully saturated rings. The summed E-state index contributed by atoms with van der Waals surface area (Å²) in [5, 5.41) is 10.6. The van der Waals surface area contributed by atoms with Crippen molar-refractivity contribution in [2.75, 3.05) is 39.6 Å². The van der Waals surface area contributed by atoms with Crippen molar-refractivity contribution in [3.05, 3.63) is 0 Å². The van der Waals surface area contributed by atoms with Gasteiger partial charge in [0.05, 0.1) is 26.4 Å². The Kier molecular flexibility index (Phi) is 70.6. The summed E-state index contributed by atoms with van der Waals surface area (Å²) in [5.41, 5.74) is 0. The van der Waals surface area contributed by atoms with E-state index in [1.54, 1.807) is 0 Å². The molecule has 0 saturated heterocycles. The first kappa shape index (κ1) is 100. The third kappa shape index (κ3) is 74.9. The molecule has 0 aromatic carbocycles. The van der Waals surface area contributed by atoms with Gasteiger partial charge in [0.25, 0.3) is 0 Å². The van der Waals surface area contributed by atoms with Crippen LogP contribution in [0, 0.1) is 23.7 Å². The normalized spacial score (nSPS) is 14.3. The van der Waals surface area contributed by atoms with E-state index in [1.165, 1.54) is 225 Å². The maximum Gasteiger partial charge on any atom is 0.472 e. The highest BCUT2D eigenvalue weighted by Gasteiger charge is 2.30. The number of carbonyl (C=O) groups excluding carboxylic acids is 4. The van der Waals surface area contributed by atoms with Gasteiger partial charge in [0, 0.05) is 25.7 Å². The fourth-order valence-corrected chi connectivity index (χ4v) is 14.3. The highest BCUT2D eigenvalue weighted by Crippen LogP contribution is 2.45. The molecular weight excluding hydrogens is 1330 g/mol. The topological polar surface area (TPSA) is 237 Å². The van der Waals surface area contributed by atoms with Gasteiger partial charge in [-0.3, -0.25) is 37.3 Å². The Hall–Kier alpha value is -1.94. The largest absolute Gasteiger partial charge is 0.472 e. The third-order valence-corrected chi connectivity index (χ3v) is 21.6. The smallest absolute Gasteiger partial charge is 0.462 e. The van der Waals surface area contributed by atoms with Crippen molar-refractivity contribution in [1.29, 1.82) is 0 Å². The van der Waals surface area contributed by atoms with E-state index in [2.05, 4.69) is 55.4 Å². The molecule has 17 nitrogen and oxygen atoms in total. The Morgan fingerprint density at radius 3 is 0.696 bits per heavy atom. The van der Waals surface area contributed by atoms with Crippen LogP contribution in [0.5, 0.6) is 0 Å². The second-order valence-corrected chi connectivity index (χ2v) is 34.4. The van der Waals surface area contributed by atoms with Gasteiger partial charge in [-0.2, -0.15) is 0 Å². The average molecular weight is 1490 g/mol. The number of carbonyl (C=O) groups is 4.